The molecule has 7 heteroatoms. The molecule has 0 fully saturated rings. The summed E-state index contributed by atoms with van der Waals surface area (Å²) >= 11 is 1.35. The number of carbonyl (C=O) groups is 2. The first-order valence-electron chi connectivity index (χ1n) is 5.99. The molecule has 2 aromatic heterocycles. The second kappa shape index (κ2) is 5.87. The molecule has 2 amide bonds. The minimum absolute atomic E-state index is 0.163. The molecule has 0 unspecified atom stereocenters. The van der Waals surface area contributed by atoms with Gasteiger partial charge >= 0.3 is 0 Å². The van der Waals surface area contributed by atoms with Crippen molar-refractivity contribution in [1.82, 2.24) is 15.2 Å². The molecule has 2 rings (SSSR count). The van der Waals surface area contributed by atoms with E-state index in [0.29, 0.717) is 10.7 Å². The van der Waals surface area contributed by atoms with Gasteiger partial charge < -0.3 is 14.6 Å². The molecule has 106 valence electrons. The Bertz CT molecular complexity index is 604. The van der Waals surface area contributed by atoms with E-state index in [2.05, 4.69) is 10.3 Å². The van der Waals surface area contributed by atoms with Crippen LogP contribution in [-0.4, -0.2) is 41.8 Å². The third-order valence-electron chi connectivity index (χ3n) is 2.66. The lowest BCUT2D eigenvalue weighted by Gasteiger charge is -2.17. The van der Waals surface area contributed by atoms with Crippen molar-refractivity contribution in [2.75, 3.05) is 14.1 Å². The predicted molar refractivity (Wildman–Crippen MR) is 75.4 cm³/mol. The fourth-order valence-corrected chi connectivity index (χ4v) is 2.40. The van der Waals surface area contributed by atoms with Crippen LogP contribution in [0.1, 0.15) is 17.4 Å². The lowest BCUT2D eigenvalue weighted by molar-refractivity contribution is -0.130. The minimum Gasteiger partial charge on any atom is -0.472 e. The van der Waals surface area contributed by atoms with Gasteiger partial charge in [-0.25, -0.2) is 4.98 Å². The molecule has 0 aromatic carbocycles. The van der Waals surface area contributed by atoms with Gasteiger partial charge in [-0.3, -0.25) is 9.59 Å². The summed E-state index contributed by atoms with van der Waals surface area (Å²) in [5.41, 5.74) is 1.12. The summed E-state index contributed by atoms with van der Waals surface area (Å²) in [5, 5.41) is 4.99. The number of furan rings is 1. The van der Waals surface area contributed by atoms with E-state index in [1.54, 1.807) is 45.0 Å². The minimum atomic E-state index is -0.587. The van der Waals surface area contributed by atoms with Crippen LogP contribution in [0.25, 0.3) is 10.6 Å². The smallest absolute Gasteiger partial charge is 0.271 e. The molecule has 0 aliphatic rings. The van der Waals surface area contributed by atoms with E-state index in [9.17, 15) is 9.59 Å². The molecule has 0 bridgehead atoms. The van der Waals surface area contributed by atoms with Crippen LogP contribution in [0.2, 0.25) is 0 Å². The molecular weight excluding hydrogens is 278 g/mol. The van der Waals surface area contributed by atoms with Crippen molar-refractivity contribution in [3.8, 4) is 10.6 Å². The molecule has 20 heavy (non-hydrogen) atoms. The maximum Gasteiger partial charge on any atom is 0.271 e. The Kier molecular flexibility index (Phi) is 4.19. The SMILES string of the molecule is C[C@H](NC(=O)c1csc(-c2ccoc2)n1)C(=O)N(C)C. The number of hydrogen-bond donors (Lipinski definition) is 1. The largest absolute Gasteiger partial charge is 0.472 e. The first-order chi connectivity index (χ1) is 9.49. The molecule has 0 spiro atoms. The molecule has 0 saturated heterocycles. The van der Waals surface area contributed by atoms with Gasteiger partial charge in [0.2, 0.25) is 5.91 Å². The maximum absolute atomic E-state index is 12.0. The lowest BCUT2D eigenvalue weighted by Crippen LogP contribution is -2.44. The Labute approximate surface area is 120 Å². The molecular formula is C13H15N3O3S. The van der Waals surface area contributed by atoms with E-state index in [0.717, 1.165) is 5.56 Å². The number of nitrogens with zero attached hydrogens (tertiary/aromatic N) is 2. The predicted octanol–water partition coefficient (Wildman–Crippen LogP) is 1.61. The van der Waals surface area contributed by atoms with Crippen LogP contribution in [0.4, 0.5) is 0 Å². The fraction of sp³-hybridized carbons (Fsp3) is 0.308. The van der Waals surface area contributed by atoms with Crippen molar-refractivity contribution in [2.45, 2.75) is 13.0 Å². The summed E-state index contributed by atoms with van der Waals surface area (Å²) in [4.78, 5) is 29.4. The Hall–Kier alpha value is -2.15. The quantitative estimate of drug-likeness (QED) is 0.929. The van der Waals surface area contributed by atoms with Gasteiger partial charge in [-0.15, -0.1) is 11.3 Å². The number of carbonyl (C=O) groups excluding carboxylic acids is 2. The van der Waals surface area contributed by atoms with Gasteiger partial charge in [0.05, 0.1) is 6.26 Å². The molecule has 2 aromatic rings. The Balaban J connectivity index is 2.05. The molecule has 1 atom stereocenters. The zero-order valence-electron chi connectivity index (χ0n) is 11.4. The molecule has 0 aliphatic carbocycles. The highest BCUT2D eigenvalue weighted by Crippen LogP contribution is 2.23. The van der Waals surface area contributed by atoms with E-state index in [4.69, 9.17) is 4.42 Å². The highest BCUT2D eigenvalue weighted by atomic mass is 32.1. The standard InChI is InChI=1S/C13H15N3O3S/c1-8(13(18)16(2)3)14-11(17)10-7-20-12(15-10)9-4-5-19-6-9/h4-8H,1-3H3,(H,14,17)/t8-/m0/s1. The maximum atomic E-state index is 12.0. The van der Waals surface area contributed by atoms with Crippen molar-refractivity contribution in [3.63, 3.8) is 0 Å². The molecule has 0 saturated carbocycles. The number of hydrogen-bond acceptors (Lipinski definition) is 5. The number of thiazole rings is 1. The van der Waals surface area contributed by atoms with Crippen molar-refractivity contribution in [3.05, 3.63) is 29.7 Å². The van der Waals surface area contributed by atoms with Gasteiger partial charge in [-0.1, -0.05) is 0 Å². The lowest BCUT2D eigenvalue weighted by atomic mass is 10.3. The summed E-state index contributed by atoms with van der Waals surface area (Å²) in [6.07, 6.45) is 3.12. The van der Waals surface area contributed by atoms with Crippen molar-refractivity contribution in [2.24, 2.45) is 0 Å². The van der Waals surface area contributed by atoms with E-state index in [1.807, 2.05) is 0 Å². The highest BCUT2D eigenvalue weighted by molar-refractivity contribution is 7.13. The van der Waals surface area contributed by atoms with E-state index in [1.165, 1.54) is 16.2 Å². The van der Waals surface area contributed by atoms with Crippen LogP contribution in [-0.2, 0) is 4.79 Å². The van der Waals surface area contributed by atoms with Gasteiger partial charge in [0.15, 0.2) is 0 Å². The monoisotopic (exact) mass is 293 g/mol. The van der Waals surface area contributed by atoms with Crippen LogP contribution in [0.15, 0.2) is 28.4 Å². The zero-order valence-corrected chi connectivity index (χ0v) is 12.2. The van der Waals surface area contributed by atoms with Crippen molar-refractivity contribution in [1.29, 1.82) is 0 Å². The third kappa shape index (κ3) is 3.05. The summed E-state index contributed by atoms with van der Waals surface area (Å²) in [6.45, 7) is 1.64. The number of nitrogens with one attached hydrogen (secondary N) is 1. The van der Waals surface area contributed by atoms with Crippen LogP contribution in [0, 0.1) is 0 Å². The van der Waals surface area contributed by atoms with Crippen LogP contribution >= 0.6 is 11.3 Å². The van der Waals surface area contributed by atoms with Gasteiger partial charge in [-0.05, 0) is 13.0 Å². The fourth-order valence-electron chi connectivity index (χ4n) is 1.62. The normalized spacial score (nSPS) is 11.9. The topological polar surface area (TPSA) is 75.4 Å². The molecule has 0 radical (unpaired) electrons. The number of likely N-dealkylation sites (N-methyl/N-ethyl adjacent to an activating group) is 1. The van der Waals surface area contributed by atoms with Gasteiger partial charge in [0.25, 0.3) is 5.91 Å². The third-order valence-corrected chi connectivity index (χ3v) is 3.56. The van der Waals surface area contributed by atoms with Crippen LogP contribution < -0.4 is 5.32 Å². The number of amides is 2. The van der Waals surface area contributed by atoms with Crippen molar-refractivity contribution >= 4 is 23.2 Å². The van der Waals surface area contributed by atoms with Gasteiger partial charge in [-0.2, -0.15) is 0 Å². The average Bonchev–Trinajstić information content (AvgIpc) is 3.07. The summed E-state index contributed by atoms with van der Waals surface area (Å²) in [6, 6.07) is 1.19. The Morgan fingerprint density at radius 1 is 1.45 bits per heavy atom. The average molecular weight is 293 g/mol. The Morgan fingerprint density at radius 3 is 2.80 bits per heavy atom. The van der Waals surface area contributed by atoms with E-state index >= 15 is 0 Å². The molecule has 6 nitrogen and oxygen atoms in total. The summed E-state index contributed by atoms with van der Waals surface area (Å²) in [5.74, 6) is -0.526. The molecule has 1 N–H and O–H groups in total. The zero-order chi connectivity index (χ0) is 14.7. The first kappa shape index (κ1) is 14.3. The number of aromatic nitrogens is 1. The van der Waals surface area contributed by atoms with Gasteiger partial charge in [0, 0.05) is 25.0 Å². The van der Waals surface area contributed by atoms with Gasteiger partial charge in [0.1, 0.15) is 23.0 Å². The number of rotatable bonds is 4. The summed E-state index contributed by atoms with van der Waals surface area (Å²) < 4.78 is 4.98. The second-order valence-corrected chi connectivity index (χ2v) is 5.34. The van der Waals surface area contributed by atoms with Crippen LogP contribution in [0.5, 0.6) is 0 Å². The summed E-state index contributed by atoms with van der Waals surface area (Å²) in [7, 11) is 3.29. The van der Waals surface area contributed by atoms with Crippen molar-refractivity contribution < 1.29 is 14.0 Å². The second-order valence-electron chi connectivity index (χ2n) is 4.48. The van der Waals surface area contributed by atoms with Crippen LogP contribution in [0.3, 0.4) is 0 Å². The molecule has 2 heterocycles. The van der Waals surface area contributed by atoms with E-state index < -0.39 is 6.04 Å². The first-order valence-corrected chi connectivity index (χ1v) is 6.87. The van der Waals surface area contributed by atoms with E-state index in [-0.39, 0.29) is 11.8 Å². The highest BCUT2D eigenvalue weighted by Gasteiger charge is 2.19. The Morgan fingerprint density at radius 2 is 2.20 bits per heavy atom. The molecule has 0 aliphatic heterocycles.